The molecule has 6 heteroatoms. The minimum Gasteiger partial charge on any atom is -0.341 e. The number of amides is 1. The maximum Gasteiger partial charge on any atom is 0.251 e. The Labute approximate surface area is 145 Å². The second kappa shape index (κ2) is 6.81. The molecule has 0 saturated heterocycles. The molecule has 0 radical (unpaired) electrons. The number of aryl methyl sites for hydroxylation is 1. The van der Waals surface area contributed by atoms with Crippen molar-refractivity contribution in [1.82, 2.24) is 14.9 Å². The number of H-pyrrole nitrogens is 1. The number of benzene rings is 1. The van der Waals surface area contributed by atoms with Crippen molar-refractivity contribution in [1.29, 1.82) is 0 Å². The van der Waals surface area contributed by atoms with E-state index in [4.69, 9.17) is 0 Å². The average Bonchev–Trinajstić information content (AvgIpc) is 2.96. The van der Waals surface area contributed by atoms with Crippen LogP contribution in [0.2, 0.25) is 0 Å². The van der Waals surface area contributed by atoms with E-state index >= 15 is 0 Å². The first-order valence-corrected chi connectivity index (χ1v) is 8.90. The molecule has 0 aliphatic heterocycles. The van der Waals surface area contributed by atoms with Crippen LogP contribution in [0.1, 0.15) is 23.7 Å². The maximum atomic E-state index is 12.7. The summed E-state index contributed by atoms with van der Waals surface area (Å²) in [6.07, 6.45) is 1.80. The van der Waals surface area contributed by atoms with Gasteiger partial charge in [-0.1, -0.05) is 36.0 Å². The number of thioether (sulfide) groups is 1. The van der Waals surface area contributed by atoms with E-state index in [1.807, 2.05) is 31.0 Å². The van der Waals surface area contributed by atoms with E-state index in [9.17, 15) is 9.59 Å². The Morgan fingerprint density at radius 2 is 1.96 bits per heavy atom. The molecular formula is C18H21N3O2S. The van der Waals surface area contributed by atoms with Crippen molar-refractivity contribution in [3.63, 3.8) is 0 Å². The smallest absolute Gasteiger partial charge is 0.251 e. The summed E-state index contributed by atoms with van der Waals surface area (Å²) < 4.78 is 0. The Morgan fingerprint density at radius 3 is 2.54 bits per heavy atom. The van der Waals surface area contributed by atoms with Gasteiger partial charge in [0.15, 0.2) is 5.16 Å². The van der Waals surface area contributed by atoms with Gasteiger partial charge in [0, 0.05) is 24.8 Å². The van der Waals surface area contributed by atoms with Crippen LogP contribution in [0.4, 0.5) is 0 Å². The summed E-state index contributed by atoms with van der Waals surface area (Å²) >= 11 is 1.29. The highest BCUT2D eigenvalue weighted by molar-refractivity contribution is 8.00. The van der Waals surface area contributed by atoms with E-state index in [1.165, 1.54) is 29.0 Å². The van der Waals surface area contributed by atoms with E-state index in [-0.39, 0.29) is 22.8 Å². The molecule has 1 aromatic heterocycles. The third-order valence-corrected chi connectivity index (χ3v) is 5.38. The Balaban J connectivity index is 1.66. The largest absolute Gasteiger partial charge is 0.341 e. The normalized spacial score (nSPS) is 15.1. The molecule has 2 aromatic rings. The fraction of sp³-hybridized carbons (Fsp3) is 0.389. The summed E-state index contributed by atoms with van der Waals surface area (Å²) in [5, 5.41) is 0.188. The first-order chi connectivity index (χ1) is 11.4. The first kappa shape index (κ1) is 16.8. The van der Waals surface area contributed by atoms with Gasteiger partial charge in [0.1, 0.15) is 0 Å². The van der Waals surface area contributed by atoms with Gasteiger partial charge in [0.2, 0.25) is 5.91 Å². The lowest BCUT2D eigenvalue weighted by Crippen LogP contribution is -2.41. The fourth-order valence-electron chi connectivity index (χ4n) is 3.10. The van der Waals surface area contributed by atoms with Crippen molar-refractivity contribution >= 4 is 17.7 Å². The van der Waals surface area contributed by atoms with Crippen molar-refractivity contribution < 1.29 is 4.79 Å². The van der Waals surface area contributed by atoms with Crippen molar-refractivity contribution in [2.24, 2.45) is 0 Å². The second-order valence-corrected chi connectivity index (χ2v) is 7.56. The molecule has 1 aromatic carbocycles. The van der Waals surface area contributed by atoms with Crippen LogP contribution < -0.4 is 5.56 Å². The van der Waals surface area contributed by atoms with Gasteiger partial charge in [-0.3, -0.25) is 9.59 Å². The number of nitrogens with zero attached hydrogens (tertiary/aromatic N) is 2. The lowest BCUT2D eigenvalue weighted by Gasteiger charge is -2.27. The summed E-state index contributed by atoms with van der Waals surface area (Å²) in [6, 6.07) is 9.99. The van der Waals surface area contributed by atoms with Gasteiger partial charge >= 0.3 is 0 Å². The molecule has 24 heavy (non-hydrogen) atoms. The number of hydrogen-bond acceptors (Lipinski definition) is 4. The van der Waals surface area contributed by atoms with Gasteiger partial charge in [-0.05, 0) is 37.8 Å². The molecule has 1 aliphatic carbocycles. The summed E-state index contributed by atoms with van der Waals surface area (Å²) in [5.41, 5.74) is 3.11. The van der Waals surface area contributed by atoms with Crippen LogP contribution >= 0.6 is 11.8 Å². The van der Waals surface area contributed by atoms with Crippen molar-refractivity contribution in [3.8, 4) is 0 Å². The van der Waals surface area contributed by atoms with Crippen molar-refractivity contribution in [2.75, 3.05) is 7.05 Å². The number of aromatic nitrogens is 2. The zero-order chi connectivity index (χ0) is 17.3. The first-order valence-electron chi connectivity index (χ1n) is 8.02. The molecule has 0 bridgehead atoms. The van der Waals surface area contributed by atoms with E-state index in [2.05, 4.69) is 22.1 Å². The second-order valence-electron chi connectivity index (χ2n) is 6.23. The van der Waals surface area contributed by atoms with Crippen LogP contribution in [0.3, 0.4) is 0 Å². The predicted octanol–water partition coefficient (Wildman–Crippen LogP) is 2.18. The molecule has 0 spiro atoms. The molecule has 1 aliphatic rings. The number of rotatable bonds is 4. The molecule has 0 fully saturated rings. The highest BCUT2D eigenvalue weighted by atomic mass is 32.2. The van der Waals surface area contributed by atoms with Crippen LogP contribution in [0.25, 0.3) is 0 Å². The van der Waals surface area contributed by atoms with Gasteiger partial charge in [-0.25, -0.2) is 4.98 Å². The zero-order valence-electron chi connectivity index (χ0n) is 14.1. The summed E-state index contributed by atoms with van der Waals surface area (Å²) in [7, 11) is 1.86. The van der Waals surface area contributed by atoms with Crippen LogP contribution in [0.5, 0.6) is 0 Å². The number of fused-ring (bicyclic) bond motifs is 1. The maximum absolute atomic E-state index is 12.7. The van der Waals surface area contributed by atoms with E-state index < -0.39 is 0 Å². The van der Waals surface area contributed by atoms with Crippen molar-refractivity contribution in [2.45, 2.75) is 43.1 Å². The minimum absolute atomic E-state index is 0.0574. The molecule has 1 amide bonds. The third kappa shape index (κ3) is 3.53. The number of aromatic amines is 1. The number of carbonyl (C=O) groups is 1. The monoisotopic (exact) mass is 343 g/mol. The zero-order valence-corrected chi connectivity index (χ0v) is 14.9. The average molecular weight is 343 g/mol. The number of hydrogen-bond donors (Lipinski definition) is 1. The van der Waals surface area contributed by atoms with Gasteiger partial charge < -0.3 is 9.88 Å². The summed E-state index contributed by atoms with van der Waals surface area (Å²) in [4.78, 5) is 33.1. The van der Waals surface area contributed by atoms with Crippen LogP contribution in [0.15, 0.2) is 40.3 Å². The molecule has 0 saturated carbocycles. The quantitative estimate of drug-likeness (QED) is 0.683. The van der Waals surface area contributed by atoms with Crippen LogP contribution in [-0.4, -0.2) is 39.1 Å². The Bertz CT molecular complexity index is 793. The number of nitrogens with one attached hydrogen (secondary N) is 1. The topological polar surface area (TPSA) is 66.1 Å². The molecule has 0 unspecified atom stereocenters. The predicted molar refractivity (Wildman–Crippen MR) is 95.3 cm³/mol. The number of likely N-dealkylation sites (N-methyl/N-ethyl adjacent to an activating group) is 1. The Hall–Kier alpha value is -2.08. The SMILES string of the molecule is Cc1cc(=O)[nH]c(S[C@@H](C)C(=O)N(C)C2Cc3ccccc3C2)n1. The van der Waals surface area contributed by atoms with Gasteiger partial charge in [-0.2, -0.15) is 0 Å². The highest BCUT2D eigenvalue weighted by Crippen LogP contribution is 2.27. The lowest BCUT2D eigenvalue weighted by molar-refractivity contribution is -0.130. The molecule has 5 nitrogen and oxygen atoms in total. The lowest BCUT2D eigenvalue weighted by atomic mass is 10.1. The Kier molecular flexibility index (Phi) is 4.76. The van der Waals surface area contributed by atoms with Crippen LogP contribution in [0, 0.1) is 6.92 Å². The van der Waals surface area contributed by atoms with E-state index in [1.54, 1.807) is 6.92 Å². The van der Waals surface area contributed by atoms with Gasteiger partial charge in [0.05, 0.1) is 5.25 Å². The molecule has 126 valence electrons. The van der Waals surface area contributed by atoms with E-state index in [0.29, 0.717) is 10.9 Å². The summed E-state index contributed by atoms with van der Waals surface area (Å²) in [6.45, 7) is 3.63. The van der Waals surface area contributed by atoms with Gasteiger partial charge in [-0.15, -0.1) is 0 Å². The molecule has 1 heterocycles. The molecule has 3 rings (SSSR count). The number of carbonyl (C=O) groups excluding carboxylic acids is 1. The summed E-state index contributed by atoms with van der Waals surface area (Å²) in [5.74, 6) is 0.0574. The van der Waals surface area contributed by atoms with Gasteiger partial charge in [0.25, 0.3) is 5.56 Å². The van der Waals surface area contributed by atoms with E-state index in [0.717, 1.165) is 12.8 Å². The molecule has 1 N–H and O–H groups in total. The Morgan fingerprint density at radius 1 is 1.33 bits per heavy atom. The van der Waals surface area contributed by atoms with Crippen LogP contribution in [-0.2, 0) is 17.6 Å². The standard InChI is InChI=1S/C18H21N3O2S/c1-11-8-16(22)20-18(19-11)24-12(2)17(23)21(3)15-9-13-6-4-5-7-14(13)10-15/h4-8,12,15H,9-10H2,1-3H3,(H,19,20,22)/t12-/m0/s1. The molecular weight excluding hydrogens is 322 g/mol. The van der Waals surface area contributed by atoms with Crippen molar-refractivity contribution in [3.05, 3.63) is 57.5 Å². The minimum atomic E-state index is -0.302. The fourth-order valence-corrected chi connectivity index (χ4v) is 4.06. The molecule has 1 atom stereocenters. The highest BCUT2D eigenvalue weighted by Gasteiger charge is 2.30. The third-order valence-electron chi connectivity index (χ3n) is 4.41.